The van der Waals surface area contributed by atoms with Gasteiger partial charge in [-0.2, -0.15) is 0 Å². The highest BCUT2D eigenvalue weighted by Gasteiger charge is 2.31. The minimum absolute atomic E-state index is 0.0158. The van der Waals surface area contributed by atoms with E-state index in [0.717, 1.165) is 37.8 Å². The van der Waals surface area contributed by atoms with Crippen LogP contribution in [0.5, 0.6) is 0 Å². The van der Waals surface area contributed by atoms with Crippen LogP contribution in [-0.4, -0.2) is 69.6 Å². The lowest BCUT2D eigenvalue weighted by Crippen LogP contribution is -2.46. The lowest BCUT2D eigenvalue weighted by atomic mass is 9.99. The third kappa shape index (κ3) is 7.60. The SMILES string of the molecule is CN(C)CCCNC(=O)C1CCCN(S(=O)(=O)CCCc2ccccc2)C1. The van der Waals surface area contributed by atoms with Gasteiger partial charge >= 0.3 is 0 Å². The summed E-state index contributed by atoms with van der Waals surface area (Å²) in [6.45, 7) is 2.40. The molecule has 27 heavy (non-hydrogen) atoms. The molecule has 1 saturated heterocycles. The van der Waals surface area contributed by atoms with Crippen molar-refractivity contribution < 1.29 is 13.2 Å². The maximum absolute atomic E-state index is 12.7. The van der Waals surface area contributed by atoms with Crippen LogP contribution in [0.2, 0.25) is 0 Å². The van der Waals surface area contributed by atoms with Crippen LogP contribution in [0.1, 0.15) is 31.2 Å². The van der Waals surface area contributed by atoms with Crippen LogP contribution in [0, 0.1) is 5.92 Å². The smallest absolute Gasteiger partial charge is 0.224 e. The number of carbonyl (C=O) groups excluding carboxylic acids is 1. The van der Waals surface area contributed by atoms with E-state index in [1.54, 1.807) is 0 Å². The number of hydrogen-bond donors (Lipinski definition) is 1. The molecule has 1 aromatic carbocycles. The first kappa shape index (κ1) is 21.9. The fraction of sp³-hybridized carbons (Fsp3) is 0.650. The molecule has 1 unspecified atom stereocenters. The second kappa shape index (κ2) is 10.8. The summed E-state index contributed by atoms with van der Waals surface area (Å²) in [7, 11) is 0.697. The van der Waals surface area contributed by atoms with Gasteiger partial charge in [0.2, 0.25) is 15.9 Å². The van der Waals surface area contributed by atoms with Crippen LogP contribution in [0.4, 0.5) is 0 Å². The highest BCUT2D eigenvalue weighted by atomic mass is 32.2. The Labute approximate surface area is 164 Å². The molecule has 1 aliphatic rings. The minimum Gasteiger partial charge on any atom is -0.356 e. The summed E-state index contributed by atoms with van der Waals surface area (Å²) in [5.74, 6) is -0.112. The Morgan fingerprint density at radius 2 is 1.96 bits per heavy atom. The van der Waals surface area contributed by atoms with Gasteiger partial charge in [0.15, 0.2) is 0 Å². The van der Waals surface area contributed by atoms with E-state index in [0.29, 0.717) is 26.1 Å². The van der Waals surface area contributed by atoms with E-state index in [2.05, 4.69) is 10.2 Å². The van der Waals surface area contributed by atoms with E-state index >= 15 is 0 Å². The van der Waals surface area contributed by atoms with Crippen molar-refractivity contribution in [3.63, 3.8) is 0 Å². The number of rotatable bonds is 10. The lowest BCUT2D eigenvalue weighted by Gasteiger charge is -2.31. The molecule has 1 atom stereocenters. The molecule has 1 aromatic rings. The predicted octanol–water partition coefficient (Wildman–Crippen LogP) is 1.73. The molecule has 1 aliphatic heterocycles. The highest BCUT2D eigenvalue weighted by molar-refractivity contribution is 7.89. The summed E-state index contributed by atoms with van der Waals surface area (Å²) < 4.78 is 26.9. The Kier molecular flexibility index (Phi) is 8.73. The highest BCUT2D eigenvalue weighted by Crippen LogP contribution is 2.20. The Hall–Kier alpha value is -1.44. The number of benzene rings is 1. The summed E-state index contributed by atoms with van der Waals surface area (Å²) in [6.07, 6.45) is 3.75. The summed E-state index contributed by atoms with van der Waals surface area (Å²) in [6, 6.07) is 9.93. The fourth-order valence-electron chi connectivity index (χ4n) is 3.39. The van der Waals surface area contributed by atoms with Crippen molar-refractivity contribution in [2.45, 2.75) is 32.1 Å². The van der Waals surface area contributed by atoms with Gasteiger partial charge in [0.05, 0.1) is 11.7 Å². The molecule has 2 rings (SSSR count). The van der Waals surface area contributed by atoms with Gasteiger partial charge in [0, 0.05) is 19.6 Å². The molecular formula is C20H33N3O3S. The molecule has 0 bridgehead atoms. The number of piperidine rings is 1. The summed E-state index contributed by atoms with van der Waals surface area (Å²) >= 11 is 0. The molecule has 0 spiro atoms. The largest absolute Gasteiger partial charge is 0.356 e. The van der Waals surface area contributed by atoms with Crippen LogP contribution < -0.4 is 5.32 Å². The molecule has 0 saturated carbocycles. The molecule has 0 aromatic heterocycles. The molecule has 0 radical (unpaired) electrons. The van der Waals surface area contributed by atoms with E-state index < -0.39 is 10.0 Å². The van der Waals surface area contributed by atoms with E-state index in [1.165, 1.54) is 4.31 Å². The zero-order chi connectivity index (χ0) is 19.7. The second-order valence-electron chi connectivity index (χ2n) is 7.55. The van der Waals surface area contributed by atoms with Gasteiger partial charge in [-0.1, -0.05) is 30.3 Å². The maximum atomic E-state index is 12.7. The third-order valence-corrected chi connectivity index (χ3v) is 6.86. The average molecular weight is 396 g/mol. The Balaban J connectivity index is 1.78. The standard InChI is InChI=1S/C20H33N3O3S/c1-22(2)14-8-13-21-20(24)19-12-6-15-23(17-19)27(25,26)16-7-11-18-9-4-3-5-10-18/h3-5,9-10,19H,6-8,11-17H2,1-2H3,(H,21,24). The van der Waals surface area contributed by atoms with Crippen molar-refractivity contribution in [2.75, 3.05) is 46.0 Å². The molecule has 1 amide bonds. The monoisotopic (exact) mass is 395 g/mol. The number of amides is 1. The number of nitrogens with one attached hydrogen (secondary N) is 1. The van der Waals surface area contributed by atoms with Crippen LogP contribution in [0.25, 0.3) is 0 Å². The molecular weight excluding hydrogens is 362 g/mol. The van der Waals surface area contributed by atoms with Gasteiger partial charge in [0.25, 0.3) is 0 Å². The molecule has 6 nitrogen and oxygen atoms in total. The second-order valence-corrected chi connectivity index (χ2v) is 9.64. The number of aryl methyl sites for hydroxylation is 1. The molecule has 1 fully saturated rings. The first-order chi connectivity index (χ1) is 12.9. The van der Waals surface area contributed by atoms with Crippen molar-refractivity contribution in [2.24, 2.45) is 5.92 Å². The number of sulfonamides is 1. The van der Waals surface area contributed by atoms with Gasteiger partial charge in [0.1, 0.15) is 0 Å². The van der Waals surface area contributed by atoms with Crippen LogP contribution in [0.15, 0.2) is 30.3 Å². The number of carbonyl (C=O) groups is 1. The number of nitrogens with zero attached hydrogens (tertiary/aromatic N) is 2. The van der Waals surface area contributed by atoms with Crippen LogP contribution >= 0.6 is 0 Å². The molecule has 1 heterocycles. The van der Waals surface area contributed by atoms with Crippen molar-refractivity contribution in [1.29, 1.82) is 0 Å². The van der Waals surface area contributed by atoms with Gasteiger partial charge in [-0.3, -0.25) is 4.79 Å². The summed E-state index contributed by atoms with van der Waals surface area (Å²) in [5.41, 5.74) is 1.15. The van der Waals surface area contributed by atoms with Gasteiger partial charge < -0.3 is 10.2 Å². The third-order valence-electron chi connectivity index (χ3n) is 4.94. The van der Waals surface area contributed by atoms with Crippen molar-refractivity contribution in [3.05, 3.63) is 35.9 Å². The van der Waals surface area contributed by atoms with Gasteiger partial charge in [-0.15, -0.1) is 0 Å². The van der Waals surface area contributed by atoms with Crippen LogP contribution in [0.3, 0.4) is 0 Å². The topological polar surface area (TPSA) is 69.7 Å². The van der Waals surface area contributed by atoms with Crippen molar-refractivity contribution >= 4 is 15.9 Å². The minimum atomic E-state index is -3.31. The molecule has 7 heteroatoms. The molecule has 152 valence electrons. The zero-order valence-electron chi connectivity index (χ0n) is 16.6. The first-order valence-electron chi connectivity index (χ1n) is 9.82. The molecule has 0 aliphatic carbocycles. The average Bonchev–Trinajstić information content (AvgIpc) is 2.66. The summed E-state index contributed by atoms with van der Waals surface area (Å²) in [5, 5.41) is 2.96. The Morgan fingerprint density at radius 1 is 1.22 bits per heavy atom. The van der Waals surface area contributed by atoms with Crippen LogP contribution in [-0.2, 0) is 21.2 Å². The normalized spacial score (nSPS) is 18.6. The quantitative estimate of drug-likeness (QED) is 0.613. The zero-order valence-corrected chi connectivity index (χ0v) is 17.4. The van der Waals surface area contributed by atoms with E-state index in [9.17, 15) is 13.2 Å². The van der Waals surface area contributed by atoms with E-state index in [-0.39, 0.29) is 17.6 Å². The fourth-order valence-corrected chi connectivity index (χ4v) is 4.97. The van der Waals surface area contributed by atoms with E-state index in [1.807, 2.05) is 44.4 Å². The lowest BCUT2D eigenvalue weighted by molar-refractivity contribution is -0.126. The Morgan fingerprint density at radius 3 is 2.67 bits per heavy atom. The number of hydrogen-bond acceptors (Lipinski definition) is 4. The van der Waals surface area contributed by atoms with Gasteiger partial charge in [-0.25, -0.2) is 12.7 Å². The van der Waals surface area contributed by atoms with Crippen molar-refractivity contribution in [1.82, 2.24) is 14.5 Å². The van der Waals surface area contributed by atoms with Crippen molar-refractivity contribution in [3.8, 4) is 0 Å². The van der Waals surface area contributed by atoms with E-state index in [4.69, 9.17) is 0 Å². The maximum Gasteiger partial charge on any atom is 0.224 e. The first-order valence-corrected chi connectivity index (χ1v) is 11.4. The van der Waals surface area contributed by atoms with Gasteiger partial charge in [-0.05, 0) is 58.3 Å². The Bertz CT molecular complexity index is 677. The molecule has 1 N–H and O–H groups in total. The predicted molar refractivity (Wildman–Crippen MR) is 109 cm³/mol. The summed E-state index contributed by atoms with van der Waals surface area (Å²) in [4.78, 5) is 14.4.